The summed E-state index contributed by atoms with van der Waals surface area (Å²) in [5.74, 6) is -2.69. The van der Waals surface area contributed by atoms with Crippen molar-refractivity contribution in [1.29, 1.82) is 0 Å². The number of amides is 3. The van der Waals surface area contributed by atoms with Crippen LogP contribution in [0.15, 0.2) is 0 Å². The van der Waals surface area contributed by atoms with E-state index in [-0.39, 0.29) is 12.3 Å². The molecular formula is C18H31N3O6. The third-order valence-corrected chi connectivity index (χ3v) is 4.84. The van der Waals surface area contributed by atoms with Crippen molar-refractivity contribution in [2.75, 3.05) is 6.54 Å². The smallest absolute Gasteiger partial charge is 0.326 e. The Balaban J connectivity index is 2.76. The Morgan fingerprint density at radius 1 is 1.15 bits per heavy atom. The van der Waals surface area contributed by atoms with E-state index in [2.05, 4.69) is 10.6 Å². The molecule has 0 aromatic heterocycles. The maximum Gasteiger partial charge on any atom is 0.326 e. The Morgan fingerprint density at radius 3 is 2.30 bits per heavy atom. The van der Waals surface area contributed by atoms with Gasteiger partial charge in [-0.05, 0) is 32.6 Å². The Morgan fingerprint density at radius 2 is 1.78 bits per heavy atom. The molecule has 27 heavy (non-hydrogen) atoms. The molecule has 1 heterocycles. The predicted molar refractivity (Wildman–Crippen MR) is 97.7 cm³/mol. The molecule has 0 aromatic rings. The van der Waals surface area contributed by atoms with Gasteiger partial charge in [0.05, 0.1) is 12.5 Å². The number of carbonyl (C=O) groups excluding carboxylic acids is 3. The number of hydrogen-bond donors (Lipinski definition) is 4. The summed E-state index contributed by atoms with van der Waals surface area (Å²) in [6.45, 7) is 6.96. The number of carboxylic acids is 1. The number of aliphatic hydroxyl groups excluding tert-OH is 1. The second-order valence-corrected chi connectivity index (χ2v) is 7.24. The molecular weight excluding hydrogens is 354 g/mol. The molecule has 0 spiro atoms. The lowest BCUT2D eigenvalue weighted by molar-refractivity contribution is -0.145. The number of aliphatic carboxylic acids is 1. The van der Waals surface area contributed by atoms with Crippen LogP contribution in [0.1, 0.15) is 53.4 Å². The summed E-state index contributed by atoms with van der Waals surface area (Å²) in [7, 11) is 0. The molecule has 4 N–H and O–H groups in total. The molecule has 154 valence electrons. The largest absolute Gasteiger partial charge is 0.480 e. The van der Waals surface area contributed by atoms with Crippen LogP contribution in [0.2, 0.25) is 0 Å². The van der Waals surface area contributed by atoms with Gasteiger partial charge in [-0.25, -0.2) is 4.79 Å². The van der Waals surface area contributed by atoms with Crippen molar-refractivity contribution in [3.8, 4) is 0 Å². The number of hydrogen-bond acceptors (Lipinski definition) is 5. The van der Waals surface area contributed by atoms with E-state index in [1.54, 1.807) is 6.92 Å². The highest BCUT2D eigenvalue weighted by Gasteiger charge is 2.38. The van der Waals surface area contributed by atoms with Gasteiger partial charge in [0.1, 0.15) is 18.1 Å². The van der Waals surface area contributed by atoms with Crippen molar-refractivity contribution in [2.45, 2.75) is 77.6 Å². The van der Waals surface area contributed by atoms with Crippen LogP contribution in [-0.2, 0) is 19.2 Å². The molecule has 1 unspecified atom stereocenters. The molecule has 0 aromatic carbocycles. The van der Waals surface area contributed by atoms with E-state index in [0.717, 1.165) is 0 Å². The summed E-state index contributed by atoms with van der Waals surface area (Å²) < 4.78 is 0. The fraction of sp³-hybridized carbons (Fsp3) is 0.778. The summed E-state index contributed by atoms with van der Waals surface area (Å²) in [4.78, 5) is 49.8. The first-order valence-electron chi connectivity index (χ1n) is 9.39. The normalized spacial score (nSPS) is 21.1. The fourth-order valence-electron chi connectivity index (χ4n) is 3.11. The van der Waals surface area contributed by atoms with E-state index in [0.29, 0.717) is 25.8 Å². The van der Waals surface area contributed by atoms with Crippen LogP contribution in [0.3, 0.4) is 0 Å². The van der Waals surface area contributed by atoms with Crippen molar-refractivity contribution >= 4 is 23.7 Å². The molecule has 1 saturated heterocycles. The second kappa shape index (κ2) is 10.2. The van der Waals surface area contributed by atoms with Gasteiger partial charge in [0, 0.05) is 6.54 Å². The van der Waals surface area contributed by atoms with Crippen LogP contribution in [0, 0.1) is 5.92 Å². The number of nitrogens with zero attached hydrogens (tertiary/aromatic N) is 1. The monoisotopic (exact) mass is 385 g/mol. The Kier molecular flexibility index (Phi) is 8.68. The van der Waals surface area contributed by atoms with Crippen molar-refractivity contribution in [3.05, 3.63) is 0 Å². The van der Waals surface area contributed by atoms with Crippen LogP contribution in [0.4, 0.5) is 0 Å². The van der Waals surface area contributed by atoms with Gasteiger partial charge in [-0.2, -0.15) is 0 Å². The number of carbonyl (C=O) groups is 4. The highest BCUT2D eigenvalue weighted by atomic mass is 16.4. The molecule has 0 saturated carbocycles. The SMILES string of the molecule is CC[C@H](C)[C@H](NC(=O)[C@@H]1CCCN1C(=O)[C@H](C)NC(=O)CC(C)O)C(=O)O. The third kappa shape index (κ3) is 6.50. The van der Waals surface area contributed by atoms with Crippen molar-refractivity contribution in [2.24, 2.45) is 5.92 Å². The number of nitrogens with one attached hydrogen (secondary N) is 2. The molecule has 1 aliphatic rings. The Labute approximate surface area is 159 Å². The zero-order chi connectivity index (χ0) is 20.7. The Bertz CT molecular complexity index is 565. The maximum atomic E-state index is 12.6. The summed E-state index contributed by atoms with van der Waals surface area (Å²) in [6, 6.07) is -2.60. The van der Waals surface area contributed by atoms with Crippen LogP contribution in [-0.4, -0.2) is 69.6 Å². The molecule has 3 amide bonds. The van der Waals surface area contributed by atoms with E-state index < -0.39 is 47.9 Å². The van der Waals surface area contributed by atoms with Gasteiger partial charge in [0.15, 0.2) is 0 Å². The van der Waals surface area contributed by atoms with Crippen LogP contribution in [0.25, 0.3) is 0 Å². The first-order valence-corrected chi connectivity index (χ1v) is 9.39. The number of rotatable bonds is 9. The molecule has 0 radical (unpaired) electrons. The zero-order valence-electron chi connectivity index (χ0n) is 16.4. The van der Waals surface area contributed by atoms with Crippen molar-refractivity contribution in [3.63, 3.8) is 0 Å². The van der Waals surface area contributed by atoms with Gasteiger partial charge >= 0.3 is 5.97 Å². The molecule has 1 aliphatic heterocycles. The lowest BCUT2D eigenvalue weighted by atomic mass is 9.98. The van der Waals surface area contributed by atoms with Gasteiger partial charge in [-0.3, -0.25) is 14.4 Å². The average Bonchev–Trinajstić information content (AvgIpc) is 3.06. The van der Waals surface area contributed by atoms with E-state index >= 15 is 0 Å². The maximum absolute atomic E-state index is 12.6. The van der Waals surface area contributed by atoms with E-state index in [1.165, 1.54) is 18.7 Å². The lowest BCUT2D eigenvalue weighted by Crippen LogP contribution is -2.55. The topological polar surface area (TPSA) is 136 Å². The minimum absolute atomic E-state index is 0.114. The van der Waals surface area contributed by atoms with Crippen LogP contribution >= 0.6 is 0 Å². The van der Waals surface area contributed by atoms with E-state index in [4.69, 9.17) is 0 Å². The molecule has 9 heteroatoms. The Hall–Kier alpha value is -2.16. The van der Waals surface area contributed by atoms with Crippen molar-refractivity contribution in [1.82, 2.24) is 15.5 Å². The summed E-state index contributed by atoms with van der Waals surface area (Å²) >= 11 is 0. The van der Waals surface area contributed by atoms with Gasteiger partial charge in [-0.1, -0.05) is 20.3 Å². The number of aliphatic hydroxyl groups is 1. The lowest BCUT2D eigenvalue weighted by Gasteiger charge is -2.29. The van der Waals surface area contributed by atoms with Crippen LogP contribution < -0.4 is 10.6 Å². The van der Waals surface area contributed by atoms with E-state index in [9.17, 15) is 29.4 Å². The molecule has 1 fully saturated rings. The summed E-state index contributed by atoms with van der Waals surface area (Å²) in [5, 5.41) is 23.6. The highest BCUT2D eigenvalue weighted by Crippen LogP contribution is 2.19. The highest BCUT2D eigenvalue weighted by molar-refractivity contribution is 5.93. The van der Waals surface area contributed by atoms with Gasteiger partial charge in [0.2, 0.25) is 17.7 Å². The average molecular weight is 385 g/mol. The number of likely N-dealkylation sites (tertiary alicyclic amines) is 1. The fourth-order valence-corrected chi connectivity index (χ4v) is 3.11. The van der Waals surface area contributed by atoms with E-state index in [1.807, 2.05) is 6.92 Å². The molecule has 0 aliphatic carbocycles. The molecule has 0 bridgehead atoms. The third-order valence-electron chi connectivity index (χ3n) is 4.84. The zero-order valence-corrected chi connectivity index (χ0v) is 16.4. The van der Waals surface area contributed by atoms with Gasteiger partial charge in [0.25, 0.3) is 0 Å². The predicted octanol–water partition coefficient (Wildman–Crippen LogP) is -0.131. The van der Waals surface area contributed by atoms with Crippen molar-refractivity contribution < 1.29 is 29.4 Å². The quantitative estimate of drug-likeness (QED) is 0.436. The minimum Gasteiger partial charge on any atom is -0.480 e. The molecule has 9 nitrogen and oxygen atoms in total. The summed E-state index contributed by atoms with van der Waals surface area (Å²) in [5.41, 5.74) is 0. The van der Waals surface area contributed by atoms with Crippen LogP contribution in [0.5, 0.6) is 0 Å². The standard InChI is InChI=1S/C18H31N3O6/c1-5-10(2)15(18(26)27)20-16(24)13-7-6-8-21(13)17(25)12(4)19-14(23)9-11(3)22/h10-13,15,22H,5-9H2,1-4H3,(H,19,23)(H,20,24)(H,26,27)/t10-,11?,12-,13-,15-/m0/s1. The first-order chi connectivity index (χ1) is 12.6. The second-order valence-electron chi connectivity index (χ2n) is 7.24. The molecule has 5 atom stereocenters. The minimum atomic E-state index is -1.10. The van der Waals surface area contributed by atoms with Gasteiger partial charge in [-0.15, -0.1) is 0 Å². The first kappa shape index (κ1) is 22.9. The van der Waals surface area contributed by atoms with Gasteiger partial charge < -0.3 is 25.7 Å². The number of carboxylic acid groups (broad SMARTS) is 1. The molecule has 1 rings (SSSR count). The summed E-state index contributed by atoms with van der Waals surface area (Å²) in [6.07, 6.45) is 0.733.